The summed E-state index contributed by atoms with van der Waals surface area (Å²) in [7, 11) is 5.92. The summed E-state index contributed by atoms with van der Waals surface area (Å²) in [4.78, 5) is 37.4. The van der Waals surface area contributed by atoms with Crippen molar-refractivity contribution in [3.8, 4) is 0 Å². The van der Waals surface area contributed by atoms with E-state index < -0.39 is 24.3 Å². The third-order valence-electron chi connectivity index (χ3n) is 13.6. The van der Waals surface area contributed by atoms with Gasteiger partial charge in [0.25, 0.3) is 0 Å². The predicted molar refractivity (Wildman–Crippen MR) is 324 cm³/mol. The van der Waals surface area contributed by atoms with Crippen LogP contribution >= 0.6 is 0 Å². The molecular formula is C68H119NO8. The van der Waals surface area contributed by atoms with E-state index in [-0.39, 0.29) is 38.6 Å². The molecule has 2 unspecified atom stereocenters. The van der Waals surface area contributed by atoms with Crippen molar-refractivity contribution in [3.63, 3.8) is 0 Å². The van der Waals surface area contributed by atoms with E-state index in [4.69, 9.17) is 18.9 Å². The Hall–Kier alpha value is -3.53. The fraction of sp³-hybridized carbons (Fsp3) is 0.750. The highest BCUT2D eigenvalue weighted by molar-refractivity contribution is 5.70. The molecule has 0 bridgehead atoms. The van der Waals surface area contributed by atoms with Crippen molar-refractivity contribution in [1.29, 1.82) is 0 Å². The highest BCUT2D eigenvalue weighted by atomic mass is 16.7. The van der Waals surface area contributed by atoms with Gasteiger partial charge in [0.15, 0.2) is 12.4 Å². The first-order chi connectivity index (χ1) is 37.6. The summed E-state index contributed by atoms with van der Waals surface area (Å²) >= 11 is 0. The minimum absolute atomic E-state index is 0.145. The van der Waals surface area contributed by atoms with Crippen LogP contribution in [0.2, 0.25) is 0 Å². The van der Waals surface area contributed by atoms with Gasteiger partial charge in [-0.3, -0.25) is 9.59 Å². The van der Waals surface area contributed by atoms with Crippen molar-refractivity contribution in [2.45, 2.75) is 283 Å². The number of carbonyl (C=O) groups excluding carboxylic acids is 3. The lowest BCUT2D eigenvalue weighted by atomic mass is 10.0. The number of esters is 2. The molecular weight excluding hydrogens is 959 g/mol. The van der Waals surface area contributed by atoms with Crippen LogP contribution in [0.1, 0.15) is 271 Å². The lowest BCUT2D eigenvalue weighted by Crippen LogP contribution is -2.44. The second-order valence-corrected chi connectivity index (χ2v) is 22.3. The third-order valence-corrected chi connectivity index (χ3v) is 13.6. The molecule has 77 heavy (non-hydrogen) atoms. The molecule has 0 aliphatic carbocycles. The number of nitrogens with zero attached hydrogens (tertiary/aromatic N) is 1. The summed E-state index contributed by atoms with van der Waals surface area (Å²) in [5.41, 5.74) is 0. The second-order valence-electron chi connectivity index (χ2n) is 22.3. The smallest absolute Gasteiger partial charge is 0.306 e. The van der Waals surface area contributed by atoms with Gasteiger partial charge in [0, 0.05) is 12.8 Å². The number of aliphatic carboxylic acids is 1. The zero-order valence-electron chi connectivity index (χ0n) is 50.6. The maximum atomic E-state index is 12.9. The Labute approximate surface area is 474 Å². The van der Waals surface area contributed by atoms with E-state index in [1.165, 1.54) is 161 Å². The number of carboxylic acid groups (broad SMARTS) is 1. The molecule has 0 amide bonds. The molecule has 0 aliphatic heterocycles. The number of unbranched alkanes of at least 4 members (excludes halogenated alkanes) is 29. The van der Waals surface area contributed by atoms with Crippen LogP contribution in [-0.2, 0) is 33.3 Å². The Kier molecular flexibility index (Phi) is 55.9. The summed E-state index contributed by atoms with van der Waals surface area (Å²) < 4.78 is 22.8. The number of ether oxygens (including phenoxy) is 4. The zero-order valence-corrected chi connectivity index (χ0v) is 50.6. The molecule has 0 radical (unpaired) electrons. The third kappa shape index (κ3) is 60.0. The quantitative estimate of drug-likeness (QED) is 0.0195. The van der Waals surface area contributed by atoms with Crippen molar-refractivity contribution in [2.75, 3.05) is 47.5 Å². The van der Waals surface area contributed by atoms with Gasteiger partial charge in [-0.15, -0.1) is 0 Å². The summed E-state index contributed by atoms with van der Waals surface area (Å²) in [6.07, 6.45) is 74.9. The molecule has 0 heterocycles. The van der Waals surface area contributed by atoms with Crippen LogP contribution in [0, 0.1) is 0 Å². The zero-order chi connectivity index (χ0) is 56.2. The highest BCUT2D eigenvalue weighted by Crippen LogP contribution is 2.16. The molecule has 9 heteroatoms. The topological polar surface area (TPSA) is 111 Å². The number of hydrogen-bond donors (Lipinski definition) is 0. The van der Waals surface area contributed by atoms with Crippen LogP contribution in [-0.4, -0.2) is 82.3 Å². The van der Waals surface area contributed by atoms with Crippen molar-refractivity contribution in [3.05, 3.63) is 85.1 Å². The van der Waals surface area contributed by atoms with E-state index in [1.54, 1.807) is 0 Å². The normalized spacial score (nSPS) is 13.3. The van der Waals surface area contributed by atoms with Crippen LogP contribution < -0.4 is 5.11 Å². The Morgan fingerprint density at radius 1 is 0.403 bits per heavy atom. The molecule has 0 aromatic heterocycles. The minimum atomic E-state index is -1.63. The molecule has 0 saturated carbocycles. The van der Waals surface area contributed by atoms with Gasteiger partial charge in [-0.1, -0.05) is 253 Å². The molecule has 9 nitrogen and oxygen atoms in total. The molecule has 0 rings (SSSR count). The lowest BCUT2D eigenvalue weighted by molar-refractivity contribution is -0.870. The van der Waals surface area contributed by atoms with Gasteiger partial charge in [-0.2, -0.15) is 0 Å². The molecule has 444 valence electrons. The van der Waals surface area contributed by atoms with Crippen molar-refractivity contribution in [2.24, 2.45) is 0 Å². The number of rotatable bonds is 58. The SMILES string of the molecule is CC/C=C\C/C=C\C/C=C\C/C=C\C/C=C\C/C=C\CCCCCCCCCCCCCCC(=O)OC(COC(=O)CCCCCCCCCCC/C=C\CCCCCCCCCC)COC(OCC[N+](C)(C)C)C(=O)[O-]. The van der Waals surface area contributed by atoms with E-state index in [0.717, 1.165) is 77.0 Å². The van der Waals surface area contributed by atoms with E-state index in [9.17, 15) is 19.5 Å². The number of hydrogen-bond acceptors (Lipinski definition) is 8. The molecule has 2 atom stereocenters. The van der Waals surface area contributed by atoms with Gasteiger partial charge >= 0.3 is 11.9 Å². The van der Waals surface area contributed by atoms with Crippen molar-refractivity contribution >= 4 is 17.9 Å². The van der Waals surface area contributed by atoms with Gasteiger partial charge < -0.3 is 33.3 Å². The number of allylic oxidation sites excluding steroid dienone is 14. The molecule has 0 N–H and O–H groups in total. The summed E-state index contributed by atoms with van der Waals surface area (Å²) in [5, 5.41) is 11.8. The predicted octanol–water partition coefficient (Wildman–Crippen LogP) is 17.8. The summed E-state index contributed by atoms with van der Waals surface area (Å²) in [6, 6.07) is 0. The average molecular weight is 1080 g/mol. The van der Waals surface area contributed by atoms with E-state index in [1.807, 2.05) is 21.1 Å². The molecule has 0 aliphatic rings. The largest absolute Gasteiger partial charge is 0.545 e. The molecule has 0 saturated heterocycles. The Balaban J connectivity index is 4.19. The summed E-state index contributed by atoms with van der Waals surface area (Å²) in [5.74, 6) is -2.28. The number of carbonyl (C=O) groups is 3. The van der Waals surface area contributed by atoms with Gasteiger partial charge in [0.2, 0.25) is 0 Å². The van der Waals surface area contributed by atoms with Crippen LogP contribution in [0.4, 0.5) is 0 Å². The van der Waals surface area contributed by atoms with Crippen molar-refractivity contribution in [1.82, 2.24) is 0 Å². The first-order valence-electron chi connectivity index (χ1n) is 31.7. The molecule has 0 fully saturated rings. The van der Waals surface area contributed by atoms with Crippen LogP contribution in [0.5, 0.6) is 0 Å². The first-order valence-corrected chi connectivity index (χ1v) is 31.7. The highest BCUT2D eigenvalue weighted by Gasteiger charge is 2.22. The maximum absolute atomic E-state index is 12.9. The fourth-order valence-electron chi connectivity index (χ4n) is 8.77. The van der Waals surface area contributed by atoms with E-state index in [0.29, 0.717) is 17.4 Å². The Morgan fingerprint density at radius 2 is 0.740 bits per heavy atom. The maximum Gasteiger partial charge on any atom is 0.306 e. The minimum Gasteiger partial charge on any atom is -0.545 e. The van der Waals surface area contributed by atoms with Crippen LogP contribution in [0.15, 0.2) is 85.1 Å². The van der Waals surface area contributed by atoms with Gasteiger partial charge in [-0.25, -0.2) is 0 Å². The van der Waals surface area contributed by atoms with Crippen molar-refractivity contribution < 1.29 is 42.9 Å². The number of quaternary nitrogens is 1. The molecule has 0 aromatic carbocycles. The van der Waals surface area contributed by atoms with E-state index >= 15 is 0 Å². The Bertz CT molecular complexity index is 1540. The summed E-state index contributed by atoms with van der Waals surface area (Å²) in [6.45, 7) is 4.65. The van der Waals surface area contributed by atoms with E-state index in [2.05, 4.69) is 98.9 Å². The monoisotopic (exact) mass is 1080 g/mol. The Morgan fingerprint density at radius 3 is 1.12 bits per heavy atom. The van der Waals surface area contributed by atoms with Gasteiger partial charge in [0.05, 0.1) is 40.3 Å². The van der Waals surface area contributed by atoms with Gasteiger partial charge in [-0.05, 0) is 89.9 Å². The van der Waals surface area contributed by atoms with Crippen LogP contribution in [0.25, 0.3) is 0 Å². The van der Waals surface area contributed by atoms with Crippen LogP contribution in [0.3, 0.4) is 0 Å². The average Bonchev–Trinajstić information content (AvgIpc) is 3.40. The molecule has 0 spiro atoms. The van der Waals surface area contributed by atoms with Gasteiger partial charge in [0.1, 0.15) is 13.2 Å². The fourth-order valence-corrected chi connectivity index (χ4v) is 8.77. The lowest BCUT2D eigenvalue weighted by Gasteiger charge is -2.26. The standard InChI is InChI=1S/C68H119NO8/c1-6-8-10-12-14-16-18-20-22-24-26-28-29-30-31-32-33-34-35-36-37-39-41-43-45-47-49-51-53-55-57-59-66(71)77-64(63-76-68(67(72)73)74-61-60-69(3,4)5)62-75-65(70)58-56-54-52-50-48-46-44-42-40-38-27-25-23-21-19-17-15-13-11-9-7-2/h8,10,14,16,20,22,25-28,30-31,33-34,64,68H,6-7,9,11-13,15,17-19,21,23-24,29,32,35-63H2,1-5H3/b10-8-,16-14-,22-20-,27-25-,28-26-,31-30-,34-33-. The number of carboxylic acids is 1. The molecule has 0 aromatic rings. The number of likely N-dealkylation sites (N-methyl/N-ethyl adjacent to an activating group) is 1. The second kappa shape index (κ2) is 58.6. The first kappa shape index (κ1) is 73.5.